The molecule has 1 aromatic heterocycles. The van der Waals surface area contributed by atoms with E-state index in [-0.39, 0.29) is 18.4 Å². The average Bonchev–Trinajstić information content (AvgIpc) is 3.27. The summed E-state index contributed by atoms with van der Waals surface area (Å²) in [5, 5.41) is 0.859. The Hall–Kier alpha value is -2.55. The standard InChI is InChI=1S/C22H21IN2O4/c1-28-19(26)12-29-18-4-2-3-16-21(18)20-15(22(24)27)9-10-17(20)25(16)11-13-5-7-14(23)8-6-13/h2-8,15H,9-12H2,1H3,(H2,24,27). The lowest BCUT2D eigenvalue weighted by Crippen LogP contribution is -2.19. The number of fused-ring (bicyclic) bond motifs is 3. The number of carbonyl (C=O) groups excluding carboxylic acids is 2. The molecule has 0 radical (unpaired) electrons. The molecule has 1 unspecified atom stereocenters. The van der Waals surface area contributed by atoms with Gasteiger partial charge in [0.1, 0.15) is 5.75 Å². The van der Waals surface area contributed by atoms with E-state index in [1.165, 1.54) is 16.2 Å². The number of ether oxygens (including phenoxy) is 2. The van der Waals surface area contributed by atoms with Gasteiger partial charge in [0.15, 0.2) is 6.61 Å². The quantitative estimate of drug-likeness (QED) is 0.413. The zero-order valence-electron chi connectivity index (χ0n) is 16.0. The number of primary amides is 1. The van der Waals surface area contributed by atoms with Gasteiger partial charge in [-0.05, 0) is 70.8 Å². The largest absolute Gasteiger partial charge is 0.481 e. The van der Waals surface area contributed by atoms with Crippen LogP contribution >= 0.6 is 22.6 Å². The highest BCUT2D eigenvalue weighted by Crippen LogP contribution is 2.44. The van der Waals surface area contributed by atoms with Crippen LogP contribution < -0.4 is 10.5 Å². The molecule has 0 aliphatic heterocycles. The Morgan fingerprint density at radius 1 is 1.21 bits per heavy atom. The van der Waals surface area contributed by atoms with Crippen molar-refractivity contribution in [1.29, 1.82) is 0 Å². The minimum absolute atomic E-state index is 0.187. The number of hydrogen-bond donors (Lipinski definition) is 1. The van der Waals surface area contributed by atoms with Crippen molar-refractivity contribution in [2.75, 3.05) is 13.7 Å². The molecule has 4 rings (SSSR count). The minimum atomic E-state index is -0.455. The lowest BCUT2D eigenvalue weighted by Gasteiger charge is -2.12. The van der Waals surface area contributed by atoms with E-state index < -0.39 is 5.97 Å². The van der Waals surface area contributed by atoms with Crippen LogP contribution in [0.1, 0.15) is 29.2 Å². The zero-order valence-corrected chi connectivity index (χ0v) is 18.1. The van der Waals surface area contributed by atoms with Crippen molar-refractivity contribution in [2.45, 2.75) is 25.3 Å². The molecular formula is C22H21IN2O4. The Kier molecular flexibility index (Phi) is 5.49. The molecule has 1 aliphatic rings. The normalized spacial score (nSPS) is 15.3. The van der Waals surface area contributed by atoms with E-state index in [0.717, 1.165) is 28.6 Å². The second-order valence-corrected chi connectivity index (χ2v) is 8.33. The first kappa shape index (κ1) is 19.8. The summed E-state index contributed by atoms with van der Waals surface area (Å²) >= 11 is 2.29. The summed E-state index contributed by atoms with van der Waals surface area (Å²) in [4.78, 5) is 23.7. The SMILES string of the molecule is COC(=O)COc1cccc2c1c1c(n2Cc2ccc(I)cc2)CCC1C(N)=O. The number of halogens is 1. The highest BCUT2D eigenvalue weighted by molar-refractivity contribution is 14.1. The molecule has 0 saturated carbocycles. The van der Waals surface area contributed by atoms with Crippen molar-refractivity contribution in [3.8, 4) is 5.75 Å². The number of hydrogen-bond acceptors (Lipinski definition) is 4. The number of benzene rings is 2. The fourth-order valence-electron chi connectivity index (χ4n) is 4.07. The molecule has 0 saturated heterocycles. The first-order chi connectivity index (χ1) is 14.0. The van der Waals surface area contributed by atoms with Crippen LogP contribution in [0.15, 0.2) is 42.5 Å². The molecule has 1 aliphatic carbocycles. The number of carbonyl (C=O) groups is 2. The molecule has 150 valence electrons. The van der Waals surface area contributed by atoms with Crippen molar-refractivity contribution in [1.82, 2.24) is 4.57 Å². The molecule has 1 amide bonds. The Morgan fingerprint density at radius 2 is 1.97 bits per heavy atom. The van der Waals surface area contributed by atoms with E-state index in [9.17, 15) is 9.59 Å². The van der Waals surface area contributed by atoms with Gasteiger partial charge in [-0.2, -0.15) is 0 Å². The summed E-state index contributed by atoms with van der Waals surface area (Å²) in [6.07, 6.45) is 1.46. The third-order valence-electron chi connectivity index (χ3n) is 5.39. The van der Waals surface area contributed by atoms with Crippen LogP contribution in [-0.2, 0) is 27.3 Å². The van der Waals surface area contributed by atoms with E-state index >= 15 is 0 Å². The van der Waals surface area contributed by atoms with Crippen LogP contribution in [0.25, 0.3) is 10.9 Å². The molecule has 7 heteroatoms. The molecule has 3 aromatic rings. The number of amides is 1. The van der Waals surface area contributed by atoms with E-state index in [4.69, 9.17) is 10.5 Å². The van der Waals surface area contributed by atoms with Crippen LogP contribution in [0.3, 0.4) is 0 Å². The maximum atomic E-state index is 12.1. The summed E-state index contributed by atoms with van der Waals surface area (Å²) in [6, 6.07) is 14.1. The summed E-state index contributed by atoms with van der Waals surface area (Å²) in [5.74, 6) is -0.574. The number of esters is 1. The van der Waals surface area contributed by atoms with E-state index in [1.807, 2.05) is 18.2 Å². The number of nitrogens with zero attached hydrogens (tertiary/aromatic N) is 1. The summed E-state index contributed by atoms with van der Waals surface area (Å²) < 4.78 is 13.9. The van der Waals surface area contributed by atoms with Crippen molar-refractivity contribution >= 4 is 45.4 Å². The number of aromatic nitrogens is 1. The van der Waals surface area contributed by atoms with Crippen LogP contribution in [0, 0.1) is 3.57 Å². The van der Waals surface area contributed by atoms with Gasteiger partial charge in [0.2, 0.25) is 5.91 Å². The predicted octanol–water partition coefficient (Wildman–Crippen LogP) is 3.36. The smallest absolute Gasteiger partial charge is 0.343 e. The van der Waals surface area contributed by atoms with E-state index in [1.54, 1.807) is 0 Å². The summed E-state index contributed by atoms with van der Waals surface area (Å²) in [5.41, 5.74) is 9.90. The molecule has 2 aromatic carbocycles. The van der Waals surface area contributed by atoms with Gasteiger partial charge in [0, 0.05) is 21.2 Å². The molecular weight excluding hydrogens is 483 g/mol. The van der Waals surface area contributed by atoms with Crippen LogP contribution in [-0.4, -0.2) is 30.2 Å². The lowest BCUT2D eigenvalue weighted by molar-refractivity contribution is -0.142. The van der Waals surface area contributed by atoms with Gasteiger partial charge in [0.05, 0.1) is 18.5 Å². The Balaban J connectivity index is 1.85. The van der Waals surface area contributed by atoms with Crippen molar-refractivity contribution < 1.29 is 19.1 Å². The summed E-state index contributed by atoms with van der Waals surface area (Å²) in [6.45, 7) is 0.503. The number of methoxy groups -OCH3 is 1. The van der Waals surface area contributed by atoms with Crippen molar-refractivity contribution in [2.24, 2.45) is 5.73 Å². The lowest BCUT2D eigenvalue weighted by atomic mass is 9.99. The maximum Gasteiger partial charge on any atom is 0.343 e. The Labute approximate surface area is 182 Å². The van der Waals surface area contributed by atoms with Crippen LogP contribution in [0.5, 0.6) is 5.75 Å². The van der Waals surface area contributed by atoms with Crippen LogP contribution in [0.2, 0.25) is 0 Å². The number of rotatable bonds is 6. The van der Waals surface area contributed by atoms with Gasteiger partial charge in [-0.15, -0.1) is 0 Å². The van der Waals surface area contributed by atoms with Gasteiger partial charge < -0.3 is 19.8 Å². The highest BCUT2D eigenvalue weighted by atomic mass is 127. The second-order valence-electron chi connectivity index (χ2n) is 7.08. The van der Waals surface area contributed by atoms with Crippen LogP contribution in [0.4, 0.5) is 0 Å². The second kappa shape index (κ2) is 8.06. The average molecular weight is 504 g/mol. The predicted molar refractivity (Wildman–Crippen MR) is 118 cm³/mol. The molecule has 29 heavy (non-hydrogen) atoms. The first-order valence-electron chi connectivity index (χ1n) is 9.37. The van der Waals surface area contributed by atoms with Crippen molar-refractivity contribution in [3.63, 3.8) is 0 Å². The molecule has 0 spiro atoms. The molecule has 6 nitrogen and oxygen atoms in total. The molecule has 1 heterocycles. The van der Waals surface area contributed by atoms with Gasteiger partial charge in [0.25, 0.3) is 0 Å². The monoisotopic (exact) mass is 504 g/mol. The summed E-state index contributed by atoms with van der Waals surface area (Å²) in [7, 11) is 1.32. The highest BCUT2D eigenvalue weighted by Gasteiger charge is 2.34. The van der Waals surface area contributed by atoms with Crippen molar-refractivity contribution in [3.05, 3.63) is 62.9 Å². The third-order valence-corrected chi connectivity index (χ3v) is 6.11. The van der Waals surface area contributed by atoms with Gasteiger partial charge in [-0.25, -0.2) is 4.79 Å². The third kappa shape index (κ3) is 3.71. The minimum Gasteiger partial charge on any atom is -0.481 e. The number of nitrogens with two attached hydrogens (primary N) is 1. The first-order valence-corrected chi connectivity index (χ1v) is 10.4. The van der Waals surface area contributed by atoms with E-state index in [2.05, 4.69) is 56.2 Å². The van der Waals surface area contributed by atoms with E-state index in [0.29, 0.717) is 18.7 Å². The van der Waals surface area contributed by atoms with Gasteiger partial charge in [-0.1, -0.05) is 18.2 Å². The fourth-order valence-corrected chi connectivity index (χ4v) is 4.43. The van der Waals surface area contributed by atoms with Gasteiger partial charge >= 0.3 is 5.97 Å². The van der Waals surface area contributed by atoms with Gasteiger partial charge in [-0.3, -0.25) is 4.79 Å². The molecule has 2 N–H and O–H groups in total. The molecule has 0 fully saturated rings. The topological polar surface area (TPSA) is 83.6 Å². The molecule has 1 atom stereocenters. The Bertz CT molecular complexity index is 1090. The molecule has 0 bridgehead atoms. The zero-order chi connectivity index (χ0) is 20.5. The maximum absolute atomic E-state index is 12.1. The Morgan fingerprint density at radius 3 is 2.66 bits per heavy atom. The fraction of sp³-hybridized carbons (Fsp3) is 0.273.